The number of aryl methyl sites for hydroxylation is 1. The molecule has 0 aliphatic carbocycles. The molecule has 0 aliphatic rings. The Morgan fingerprint density at radius 3 is 2.00 bits per heavy atom. The van der Waals surface area contributed by atoms with Gasteiger partial charge in [0.05, 0.1) is 11.9 Å². The fourth-order valence-corrected chi connectivity index (χ4v) is 2.47. The third-order valence-electron chi connectivity index (χ3n) is 3.18. The molecule has 2 aromatic rings. The van der Waals surface area contributed by atoms with Gasteiger partial charge in [-0.05, 0) is 37.1 Å². The number of hydrogen-bond donors (Lipinski definition) is 4. The molecule has 0 unspecified atom stereocenters. The molecule has 0 saturated carbocycles. The molecule has 196 valence electrons. The molecule has 0 fully saturated rings. The van der Waals surface area contributed by atoms with Crippen molar-refractivity contribution in [3.63, 3.8) is 0 Å². The second-order valence-electron chi connectivity index (χ2n) is 6.44. The number of sulfonamides is 1. The highest BCUT2D eigenvalue weighted by Gasteiger charge is 2.04. The lowest BCUT2D eigenvalue weighted by atomic mass is 10.2. The summed E-state index contributed by atoms with van der Waals surface area (Å²) in [6, 6.07) is 8.16. The maximum Gasteiger partial charge on any atom is 0.214 e. The lowest BCUT2D eigenvalue weighted by Crippen LogP contribution is -2.22. The number of primary amides is 1. The first kappa shape index (κ1) is 35.9. The topological polar surface area (TPSA) is 122 Å². The molecule has 0 saturated heterocycles. The van der Waals surface area contributed by atoms with E-state index in [4.69, 9.17) is 0 Å². The van der Waals surface area contributed by atoms with E-state index in [-0.39, 0.29) is 17.3 Å². The highest BCUT2D eigenvalue weighted by atomic mass is 32.2. The van der Waals surface area contributed by atoms with Crippen molar-refractivity contribution in [2.24, 2.45) is 5.73 Å². The number of carbonyl (C=O) groups excluding carboxylic acids is 1. The Hall–Kier alpha value is -2.72. The Labute approximate surface area is 203 Å². The van der Waals surface area contributed by atoms with Crippen LogP contribution in [0.2, 0.25) is 0 Å². The Kier molecular flexibility index (Phi) is 22.0. The van der Waals surface area contributed by atoms with E-state index in [1.54, 1.807) is 19.1 Å². The summed E-state index contributed by atoms with van der Waals surface area (Å²) < 4.78 is 49.7. The van der Waals surface area contributed by atoms with Crippen molar-refractivity contribution in [3.05, 3.63) is 53.6 Å². The van der Waals surface area contributed by atoms with Crippen molar-refractivity contribution in [1.29, 1.82) is 0 Å². The van der Waals surface area contributed by atoms with Gasteiger partial charge in [-0.25, -0.2) is 21.9 Å². The van der Waals surface area contributed by atoms with E-state index < -0.39 is 21.7 Å². The first-order valence-electron chi connectivity index (χ1n) is 11.1. The molecule has 0 radical (unpaired) electrons. The summed E-state index contributed by atoms with van der Waals surface area (Å²) in [4.78, 5) is 9.22. The summed E-state index contributed by atoms with van der Waals surface area (Å²) in [5.41, 5.74) is 5.81. The number of nitrogens with one attached hydrogen (secondary N) is 2. The van der Waals surface area contributed by atoms with E-state index in [1.165, 1.54) is 31.4 Å². The molecule has 2 aromatic carbocycles. The van der Waals surface area contributed by atoms with Crippen LogP contribution in [-0.4, -0.2) is 32.2 Å². The van der Waals surface area contributed by atoms with Crippen LogP contribution in [-0.2, 0) is 14.8 Å². The van der Waals surface area contributed by atoms with E-state index >= 15 is 0 Å². The first-order chi connectivity index (χ1) is 15.8. The predicted molar refractivity (Wildman–Crippen MR) is 138 cm³/mol. The second kappa shape index (κ2) is 20.9. The number of phenolic OH excluding ortho intramolecular Hbond substituents is 1. The maximum atomic E-state index is 13.5. The molecule has 0 heterocycles. The number of amides is 1. The lowest BCUT2D eigenvalue weighted by molar-refractivity contribution is -0.115. The Balaban J connectivity index is -0.000000478. The minimum atomic E-state index is -2.95. The summed E-state index contributed by atoms with van der Waals surface area (Å²) in [5.74, 6) is -1.55. The molecule has 1 amide bonds. The van der Waals surface area contributed by atoms with Crippen molar-refractivity contribution < 1.29 is 27.1 Å². The van der Waals surface area contributed by atoms with Crippen LogP contribution < -0.4 is 15.8 Å². The molecule has 7 nitrogen and oxygen atoms in total. The molecule has 34 heavy (non-hydrogen) atoms. The van der Waals surface area contributed by atoms with Gasteiger partial charge in [0.1, 0.15) is 17.4 Å². The van der Waals surface area contributed by atoms with Crippen LogP contribution in [0.15, 0.2) is 36.4 Å². The number of unbranched alkanes of at least 4 members (excludes halogenated alkanes) is 1. The van der Waals surface area contributed by atoms with Gasteiger partial charge in [0, 0.05) is 31.3 Å². The van der Waals surface area contributed by atoms with Crippen molar-refractivity contribution in [2.75, 3.05) is 18.1 Å². The normalized spacial score (nSPS) is 9.35. The fraction of sp³-hybridized carbons (Fsp3) is 0.458. The zero-order chi connectivity index (χ0) is 27.3. The van der Waals surface area contributed by atoms with Gasteiger partial charge in [-0.1, -0.05) is 47.1 Å². The van der Waals surface area contributed by atoms with E-state index in [2.05, 4.69) is 15.8 Å². The predicted octanol–water partition coefficient (Wildman–Crippen LogP) is 5.60. The van der Waals surface area contributed by atoms with Crippen LogP contribution in [0.25, 0.3) is 0 Å². The van der Waals surface area contributed by atoms with Gasteiger partial charge in [-0.2, -0.15) is 0 Å². The van der Waals surface area contributed by atoms with Crippen LogP contribution >= 0.6 is 0 Å². The van der Waals surface area contributed by atoms with E-state index in [0.29, 0.717) is 12.2 Å². The minimum Gasteiger partial charge on any atom is -0.508 e. The zero-order valence-corrected chi connectivity index (χ0v) is 22.3. The maximum absolute atomic E-state index is 13.5. The van der Waals surface area contributed by atoms with Crippen LogP contribution in [0.1, 0.15) is 59.9 Å². The molecular formula is C24H41F2N3O4S. The molecule has 0 bridgehead atoms. The number of carbonyl (C=O) groups is 1. The average Bonchev–Trinajstić information content (AvgIpc) is 2.72. The van der Waals surface area contributed by atoms with Gasteiger partial charge in [0.25, 0.3) is 0 Å². The molecule has 0 aromatic heterocycles. The number of hydrogen-bond acceptors (Lipinski definition) is 5. The van der Waals surface area contributed by atoms with Gasteiger partial charge in [-0.15, -0.1) is 0 Å². The molecule has 5 N–H and O–H groups in total. The number of nitrogens with two attached hydrogens (primary N) is 1. The summed E-state index contributed by atoms with van der Waals surface area (Å²) >= 11 is 0. The minimum absolute atomic E-state index is 0.208. The Morgan fingerprint density at radius 1 is 1.06 bits per heavy atom. The highest BCUT2D eigenvalue weighted by molar-refractivity contribution is 7.88. The largest absolute Gasteiger partial charge is 0.508 e. The van der Waals surface area contributed by atoms with Gasteiger partial charge < -0.3 is 16.2 Å². The number of rotatable bonds is 6. The third-order valence-corrected chi connectivity index (χ3v) is 3.91. The highest BCUT2D eigenvalue weighted by Crippen LogP contribution is 2.24. The van der Waals surface area contributed by atoms with Crippen molar-refractivity contribution in [1.82, 2.24) is 4.72 Å². The van der Waals surface area contributed by atoms with Gasteiger partial charge in [0.2, 0.25) is 15.9 Å². The number of benzene rings is 2. The standard InChI is InChI=1S/C13H11F2NO.C5H13NO2S.C2H5NO.2C2H6/c1-8-2-3-13(12(15)4-8)16-10-5-9(14)6-11(17)7-10;1-3-4-5-6-9(2,7)8;1-2(3)4;2*1-2/h2-7,16-17H,1H3;6H,3-5H2,1-2H3;1H3,(H2,3,4);2*1-2H3. The monoisotopic (exact) mass is 505 g/mol. The molecule has 2 rings (SSSR count). The molecule has 10 heteroatoms. The van der Waals surface area contributed by atoms with Crippen molar-refractivity contribution in [2.45, 2.75) is 61.3 Å². The van der Waals surface area contributed by atoms with Gasteiger partial charge in [0.15, 0.2) is 0 Å². The van der Waals surface area contributed by atoms with E-state index in [1.807, 2.05) is 34.6 Å². The smallest absolute Gasteiger partial charge is 0.214 e. The summed E-state index contributed by atoms with van der Waals surface area (Å²) in [6.07, 6.45) is 3.10. The lowest BCUT2D eigenvalue weighted by Gasteiger charge is -2.08. The van der Waals surface area contributed by atoms with Crippen molar-refractivity contribution in [3.8, 4) is 5.75 Å². The quantitative estimate of drug-likeness (QED) is 0.381. The third kappa shape index (κ3) is 22.5. The molecular weight excluding hydrogens is 464 g/mol. The number of phenols is 1. The molecule has 0 spiro atoms. The van der Waals surface area contributed by atoms with Crippen LogP contribution in [0, 0.1) is 18.6 Å². The van der Waals surface area contributed by atoms with Gasteiger partial charge >= 0.3 is 0 Å². The molecule has 0 aliphatic heterocycles. The fourth-order valence-electron chi connectivity index (χ4n) is 1.96. The number of halogens is 2. The Bertz CT molecular complexity index is 900. The number of aromatic hydroxyl groups is 1. The average molecular weight is 506 g/mol. The number of anilines is 2. The van der Waals surface area contributed by atoms with E-state index in [0.717, 1.165) is 24.5 Å². The molecule has 0 atom stereocenters. The van der Waals surface area contributed by atoms with Crippen LogP contribution in [0.3, 0.4) is 0 Å². The van der Waals surface area contributed by atoms with E-state index in [9.17, 15) is 27.1 Å². The van der Waals surface area contributed by atoms with Gasteiger partial charge in [-0.3, -0.25) is 4.79 Å². The van der Waals surface area contributed by atoms with Crippen molar-refractivity contribution >= 4 is 27.3 Å². The SMILES string of the molecule is CC.CC.CC(N)=O.CCCCNS(C)(=O)=O.Cc1ccc(Nc2cc(O)cc(F)c2)c(F)c1. The first-order valence-corrected chi connectivity index (χ1v) is 13.0. The summed E-state index contributed by atoms with van der Waals surface area (Å²) in [7, 11) is -2.95. The summed E-state index contributed by atoms with van der Waals surface area (Å²) in [5, 5.41) is 11.9. The Morgan fingerprint density at radius 2 is 1.59 bits per heavy atom. The summed E-state index contributed by atoms with van der Waals surface area (Å²) in [6.45, 7) is 13.7. The van der Waals surface area contributed by atoms with Crippen LogP contribution in [0.5, 0.6) is 5.75 Å². The van der Waals surface area contributed by atoms with Crippen LogP contribution in [0.4, 0.5) is 20.2 Å². The second-order valence-corrected chi connectivity index (χ2v) is 8.27. The zero-order valence-electron chi connectivity index (χ0n) is 21.5.